The van der Waals surface area contributed by atoms with Crippen LogP contribution in [0.3, 0.4) is 0 Å². The van der Waals surface area contributed by atoms with E-state index in [1.807, 2.05) is 42.6 Å². The smallest absolute Gasteiger partial charge is 0.194 e. The summed E-state index contributed by atoms with van der Waals surface area (Å²) in [6, 6.07) is 14.1. The summed E-state index contributed by atoms with van der Waals surface area (Å²) in [5.74, 6) is 1.92. The van der Waals surface area contributed by atoms with Gasteiger partial charge in [-0.2, -0.15) is 0 Å². The molecule has 1 fully saturated rings. The van der Waals surface area contributed by atoms with E-state index in [1.54, 1.807) is 0 Å². The van der Waals surface area contributed by atoms with Crippen LogP contribution in [0.5, 0.6) is 5.75 Å². The number of aryl methyl sites for hydroxylation is 1. The molecule has 3 rings (SSSR count). The Kier molecular flexibility index (Phi) is 7.67. The number of nitrogens with zero attached hydrogens (tertiary/aromatic N) is 4. The Labute approximate surface area is 168 Å². The summed E-state index contributed by atoms with van der Waals surface area (Å²) in [5, 5.41) is 3.43. The number of hydrogen-bond donors (Lipinski definition) is 1. The largest absolute Gasteiger partial charge is 0.492 e. The number of nitrogens with one attached hydrogen (secondary N) is 1. The fraction of sp³-hybridized carbons (Fsp3) is 0.455. The molecule has 0 saturated carbocycles. The molecule has 0 unspecified atom stereocenters. The average molecular weight is 382 g/mol. The normalized spacial score (nSPS) is 15.5. The number of aliphatic imine (C=N–C) groups is 1. The van der Waals surface area contributed by atoms with E-state index in [-0.39, 0.29) is 0 Å². The molecule has 1 aromatic heterocycles. The van der Waals surface area contributed by atoms with Crippen LogP contribution < -0.4 is 10.1 Å². The van der Waals surface area contributed by atoms with E-state index in [4.69, 9.17) is 9.73 Å². The predicted octanol–water partition coefficient (Wildman–Crippen LogP) is 2.55. The Morgan fingerprint density at radius 1 is 1.11 bits per heavy atom. The number of ether oxygens (including phenoxy) is 1. The van der Waals surface area contributed by atoms with Gasteiger partial charge in [0, 0.05) is 45.5 Å². The van der Waals surface area contributed by atoms with Gasteiger partial charge in [0.05, 0.1) is 12.2 Å². The van der Waals surface area contributed by atoms with Gasteiger partial charge in [-0.15, -0.1) is 0 Å². The number of rotatable bonds is 7. The zero-order valence-corrected chi connectivity index (χ0v) is 17.0. The topological polar surface area (TPSA) is 53.0 Å². The quantitative estimate of drug-likeness (QED) is 0.590. The molecule has 0 spiro atoms. The van der Waals surface area contributed by atoms with Crippen LogP contribution in [0.15, 0.2) is 53.7 Å². The van der Waals surface area contributed by atoms with Gasteiger partial charge >= 0.3 is 0 Å². The molecule has 1 aliphatic heterocycles. The zero-order valence-electron chi connectivity index (χ0n) is 17.0. The van der Waals surface area contributed by atoms with Crippen molar-refractivity contribution in [3.05, 3.63) is 59.9 Å². The summed E-state index contributed by atoms with van der Waals surface area (Å²) in [5.41, 5.74) is 2.22. The first-order chi connectivity index (χ1) is 13.8. The Balaban J connectivity index is 1.47. The van der Waals surface area contributed by atoms with Crippen LogP contribution in [0.25, 0.3) is 0 Å². The van der Waals surface area contributed by atoms with Crippen molar-refractivity contribution < 1.29 is 4.74 Å². The molecular weight excluding hydrogens is 350 g/mol. The van der Waals surface area contributed by atoms with Gasteiger partial charge in [-0.3, -0.25) is 9.88 Å². The van der Waals surface area contributed by atoms with Crippen LogP contribution in [0.2, 0.25) is 0 Å². The highest BCUT2D eigenvalue weighted by atomic mass is 16.5. The zero-order chi connectivity index (χ0) is 19.6. The second kappa shape index (κ2) is 10.7. The molecule has 0 aliphatic carbocycles. The molecule has 0 atom stereocenters. The second-order valence-corrected chi connectivity index (χ2v) is 6.93. The Morgan fingerprint density at radius 2 is 1.89 bits per heavy atom. The molecule has 150 valence electrons. The molecule has 6 heteroatoms. The van der Waals surface area contributed by atoms with E-state index in [0.29, 0.717) is 6.54 Å². The minimum Gasteiger partial charge on any atom is -0.492 e. The lowest BCUT2D eigenvalue weighted by molar-refractivity contribution is 0.152. The van der Waals surface area contributed by atoms with E-state index >= 15 is 0 Å². The van der Waals surface area contributed by atoms with Crippen molar-refractivity contribution in [3.8, 4) is 5.75 Å². The van der Waals surface area contributed by atoms with Gasteiger partial charge in [-0.05, 0) is 37.6 Å². The molecule has 0 amide bonds. The van der Waals surface area contributed by atoms with Gasteiger partial charge in [-0.1, -0.05) is 24.3 Å². The third-order valence-corrected chi connectivity index (χ3v) is 4.92. The molecule has 1 N–H and O–H groups in total. The van der Waals surface area contributed by atoms with E-state index < -0.39 is 0 Å². The monoisotopic (exact) mass is 381 g/mol. The summed E-state index contributed by atoms with van der Waals surface area (Å²) < 4.78 is 5.82. The van der Waals surface area contributed by atoms with Crippen LogP contribution in [0.1, 0.15) is 18.2 Å². The second-order valence-electron chi connectivity index (χ2n) is 6.93. The third-order valence-electron chi connectivity index (χ3n) is 4.92. The number of para-hydroxylation sites is 1. The lowest BCUT2D eigenvalue weighted by atomic mass is 10.2. The van der Waals surface area contributed by atoms with E-state index in [2.05, 4.69) is 40.0 Å². The predicted molar refractivity (Wildman–Crippen MR) is 114 cm³/mol. The molecule has 1 saturated heterocycles. The number of pyridine rings is 1. The Morgan fingerprint density at radius 3 is 2.61 bits per heavy atom. The molecular formula is C22H31N5O. The summed E-state index contributed by atoms with van der Waals surface area (Å²) in [4.78, 5) is 14.1. The minimum atomic E-state index is 0.611. The Bertz CT molecular complexity index is 742. The van der Waals surface area contributed by atoms with Gasteiger partial charge in [0.2, 0.25) is 0 Å². The summed E-state index contributed by atoms with van der Waals surface area (Å²) >= 11 is 0. The molecule has 1 aliphatic rings. The van der Waals surface area contributed by atoms with Crippen LogP contribution >= 0.6 is 0 Å². The Hall–Kier alpha value is -2.60. The maximum atomic E-state index is 5.82. The highest BCUT2D eigenvalue weighted by Gasteiger charge is 2.19. The van der Waals surface area contributed by atoms with Gasteiger partial charge < -0.3 is 15.0 Å². The highest BCUT2D eigenvalue weighted by molar-refractivity contribution is 5.80. The molecule has 0 bridgehead atoms. The van der Waals surface area contributed by atoms with Crippen molar-refractivity contribution in [2.24, 2.45) is 4.99 Å². The fourth-order valence-corrected chi connectivity index (χ4v) is 3.25. The van der Waals surface area contributed by atoms with Gasteiger partial charge in [-0.25, -0.2) is 4.99 Å². The van der Waals surface area contributed by atoms with Crippen LogP contribution in [-0.4, -0.2) is 66.6 Å². The lowest BCUT2D eigenvalue weighted by Crippen LogP contribution is -2.53. The maximum absolute atomic E-state index is 5.82. The van der Waals surface area contributed by atoms with Crippen molar-refractivity contribution >= 4 is 5.96 Å². The SMILES string of the molecule is CCNC(=NCc1ncccc1C)N1CCN(CCOc2ccccc2)CC1. The van der Waals surface area contributed by atoms with Crippen molar-refractivity contribution in [2.45, 2.75) is 20.4 Å². The molecule has 0 radical (unpaired) electrons. The molecule has 2 heterocycles. The van der Waals surface area contributed by atoms with Gasteiger partial charge in [0.25, 0.3) is 0 Å². The van der Waals surface area contributed by atoms with Gasteiger partial charge in [0.15, 0.2) is 5.96 Å². The molecule has 28 heavy (non-hydrogen) atoms. The summed E-state index contributed by atoms with van der Waals surface area (Å²) in [6.45, 7) is 11.3. The van der Waals surface area contributed by atoms with Crippen molar-refractivity contribution in [1.82, 2.24) is 20.1 Å². The number of benzene rings is 1. The summed E-state index contributed by atoms with van der Waals surface area (Å²) in [6.07, 6.45) is 1.83. The number of guanidine groups is 1. The van der Waals surface area contributed by atoms with Crippen molar-refractivity contribution in [3.63, 3.8) is 0 Å². The molecule has 6 nitrogen and oxygen atoms in total. The first kappa shape index (κ1) is 20.1. The van der Waals surface area contributed by atoms with Crippen LogP contribution in [-0.2, 0) is 6.54 Å². The highest BCUT2D eigenvalue weighted by Crippen LogP contribution is 2.09. The molecule has 1 aromatic carbocycles. The van der Waals surface area contributed by atoms with Gasteiger partial charge in [0.1, 0.15) is 12.4 Å². The average Bonchev–Trinajstić information content (AvgIpc) is 2.73. The minimum absolute atomic E-state index is 0.611. The maximum Gasteiger partial charge on any atom is 0.194 e. The van der Waals surface area contributed by atoms with E-state index in [9.17, 15) is 0 Å². The first-order valence-corrected chi connectivity index (χ1v) is 10.1. The summed E-state index contributed by atoms with van der Waals surface area (Å²) in [7, 11) is 0. The lowest BCUT2D eigenvalue weighted by Gasteiger charge is -2.36. The van der Waals surface area contributed by atoms with Crippen LogP contribution in [0.4, 0.5) is 0 Å². The third kappa shape index (κ3) is 5.96. The standard InChI is InChI=1S/C22H31N5O/c1-3-23-22(25-18-21-19(2)8-7-11-24-21)27-14-12-26(13-15-27)16-17-28-20-9-5-4-6-10-20/h4-11H,3,12-18H2,1-2H3,(H,23,25). The molecule has 2 aromatic rings. The number of hydrogen-bond acceptors (Lipinski definition) is 4. The number of aromatic nitrogens is 1. The van der Waals surface area contributed by atoms with Crippen molar-refractivity contribution in [1.29, 1.82) is 0 Å². The first-order valence-electron chi connectivity index (χ1n) is 10.1. The van der Waals surface area contributed by atoms with E-state index in [0.717, 1.165) is 63.3 Å². The van der Waals surface area contributed by atoms with Crippen molar-refractivity contribution in [2.75, 3.05) is 45.9 Å². The number of piperazine rings is 1. The van der Waals surface area contributed by atoms with Crippen LogP contribution in [0, 0.1) is 6.92 Å². The fourth-order valence-electron chi connectivity index (χ4n) is 3.25. The van der Waals surface area contributed by atoms with E-state index in [1.165, 1.54) is 5.56 Å².